The fourth-order valence-corrected chi connectivity index (χ4v) is 7.12. The summed E-state index contributed by atoms with van der Waals surface area (Å²) in [7, 11) is 0. The van der Waals surface area contributed by atoms with Crippen LogP contribution in [0.1, 0.15) is 39.1 Å². The molecule has 2 heterocycles. The van der Waals surface area contributed by atoms with Gasteiger partial charge in [0, 0.05) is 27.4 Å². The molecule has 50 heavy (non-hydrogen) atoms. The van der Waals surface area contributed by atoms with Gasteiger partial charge in [-0.1, -0.05) is 18.2 Å². The van der Waals surface area contributed by atoms with Gasteiger partial charge in [-0.15, -0.1) is 0 Å². The fraction of sp³-hybridized carbons (Fsp3) is 0.0476. The second-order valence-corrected chi connectivity index (χ2v) is 12.1. The third-order valence-electron chi connectivity index (χ3n) is 9.36. The van der Waals surface area contributed by atoms with Crippen molar-refractivity contribution < 1.29 is 0 Å². The number of benzene rings is 5. The number of hydrogen-bond donors (Lipinski definition) is 0. The monoisotopic (exact) mass is 636 g/mol. The summed E-state index contributed by atoms with van der Waals surface area (Å²) in [5, 5.41) is 62.0. The van der Waals surface area contributed by atoms with Gasteiger partial charge in [-0.05, 0) is 102 Å². The summed E-state index contributed by atoms with van der Waals surface area (Å²) in [4.78, 5) is 0. The van der Waals surface area contributed by atoms with Gasteiger partial charge in [0.2, 0.25) is 0 Å². The Kier molecular flexibility index (Phi) is 6.74. The van der Waals surface area contributed by atoms with Crippen molar-refractivity contribution >= 4 is 38.8 Å². The van der Waals surface area contributed by atoms with Crippen LogP contribution in [0.2, 0.25) is 0 Å². The van der Waals surface area contributed by atoms with Crippen LogP contribution in [-0.4, -0.2) is 9.13 Å². The summed E-state index contributed by atoms with van der Waals surface area (Å²) in [6, 6.07) is 41.0. The highest BCUT2D eigenvalue weighted by Crippen LogP contribution is 2.42. The zero-order valence-electron chi connectivity index (χ0n) is 26.2. The highest BCUT2D eigenvalue weighted by molar-refractivity contribution is 6.10. The summed E-state index contributed by atoms with van der Waals surface area (Å²) in [5.74, 6) is -0.326. The minimum Gasteiger partial charge on any atom is -0.309 e. The van der Waals surface area contributed by atoms with Crippen LogP contribution in [0.4, 0.5) is 0 Å². The molecule has 8 nitrogen and oxygen atoms in total. The molecule has 2 aromatic heterocycles. The van der Waals surface area contributed by atoms with E-state index in [1.807, 2.05) is 75.9 Å². The summed E-state index contributed by atoms with van der Waals surface area (Å²) in [6.45, 7) is 0. The first-order valence-electron chi connectivity index (χ1n) is 15.6. The first-order valence-corrected chi connectivity index (χ1v) is 15.6. The lowest BCUT2D eigenvalue weighted by Crippen LogP contribution is -2.08. The van der Waals surface area contributed by atoms with Crippen molar-refractivity contribution in [2.45, 2.75) is 6.42 Å². The number of fused-ring (bicyclic) bond motifs is 6. The maximum Gasteiger partial charge on any atom is 0.101 e. The van der Waals surface area contributed by atoms with Crippen LogP contribution in [0.3, 0.4) is 0 Å². The molecular formula is C42H20N8. The molecule has 0 aliphatic heterocycles. The van der Waals surface area contributed by atoms with Crippen LogP contribution in [0.5, 0.6) is 0 Å². The molecule has 0 amide bonds. The number of nitrogens with zero attached hydrogens (tertiary/aromatic N) is 8. The molecule has 1 atom stereocenters. The van der Waals surface area contributed by atoms with E-state index in [0.29, 0.717) is 45.6 Å². The second-order valence-electron chi connectivity index (χ2n) is 12.1. The molecule has 5 aromatic carbocycles. The average molecular weight is 637 g/mol. The Morgan fingerprint density at radius 1 is 0.540 bits per heavy atom. The molecular weight excluding hydrogens is 617 g/mol. The van der Waals surface area contributed by atoms with Gasteiger partial charge >= 0.3 is 0 Å². The topological polar surface area (TPSA) is 153 Å². The van der Waals surface area contributed by atoms with E-state index in [1.54, 1.807) is 36.4 Å². The van der Waals surface area contributed by atoms with Crippen molar-refractivity contribution in [2.24, 2.45) is 5.92 Å². The molecule has 0 fully saturated rings. The molecule has 1 aliphatic carbocycles. The Bertz CT molecular complexity index is 2860. The molecule has 0 spiro atoms. The fourth-order valence-electron chi connectivity index (χ4n) is 7.12. The van der Waals surface area contributed by atoms with Gasteiger partial charge < -0.3 is 9.13 Å². The van der Waals surface area contributed by atoms with E-state index in [-0.39, 0.29) is 5.92 Å². The van der Waals surface area contributed by atoms with E-state index in [9.17, 15) is 31.6 Å². The van der Waals surface area contributed by atoms with Crippen LogP contribution in [0.15, 0.2) is 97.1 Å². The van der Waals surface area contributed by atoms with E-state index >= 15 is 0 Å². The van der Waals surface area contributed by atoms with Crippen LogP contribution >= 0.6 is 0 Å². The second kappa shape index (κ2) is 11.4. The Morgan fingerprint density at radius 2 is 1.12 bits per heavy atom. The van der Waals surface area contributed by atoms with Crippen LogP contribution in [0, 0.1) is 73.9 Å². The van der Waals surface area contributed by atoms with Crippen molar-refractivity contribution in [2.75, 3.05) is 0 Å². The lowest BCUT2D eigenvalue weighted by molar-refractivity contribution is 0.809. The number of rotatable bonds is 3. The third-order valence-corrected chi connectivity index (χ3v) is 9.36. The molecule has 7 aromatic rings. The normalized spacial score (nSPS) is 13.1. The Hall–Kier alpha value is -7.88. The van der Waals surface area contributed by atoms with E-state index < -0.39 is 0 Å². The molecule has 8 heteroatoms. The van der Waals surface area contributed by atoms with E-state index in [0.717, 1.165) is 55.1 Å². The van der Waals surface area contributed by atoms with Gasteiger partial charge in [0.15, 0.2) is 0 Å². The van der Waals surface area contributed by atoms with Crippen molar-refractivity contribution in [1.29, 1.82) is 31.6 Å². The number of nitriles is 6. The van der Waals surface area contributed by atoms with Gasteiger partial charge in [-0.25, -0.2) is 0 Å². The molecule has 0 saturated heterocycles. The van der Waals surface area contributed by atoms with Crippen molar-refractivity contribution in [1.82, 2.24) is 9.13 Å². The summed E-state index contributed by atoms with van der Waals surface area (Å²) < 4.78 is 4.05. The molecule has 1 aliphatic rings. The van der Waals surface area contributed by atoms with Crippen LogP contribution in [-0.2, 0) is 6.42 Å². The lowest BCUT2D eigenvalue weighted by atomic mass is 9.92. The predicted molar refractivity (Wildman–Crippen MR) is 188 cm³/mol. The lowest BCUT2D eigenvalue weighted by Gasteiger charge is -2.20. The van der Waals surface area contributed by atoms with Gasteiger partial charge in [-0.2, -0.15) is 31.6 Å². The van der Waals surface area contributed by atoms with Crippen LogP contribution in [0.25, 0.3) is 61.3 Å². The standard InChI is InChI=1S/C42H20N8/c43-19-25-2-1-3-30(12-25)32-18-41(49-37-8-4-26(20-44)13-33(37)34-14-27(21-45)5-9-38(34)49)31(24-48)17-42(32)50-39-10-6-28(22-46)15-35(39)36-16-29(23-47)7-11-40(36)50/h1-13,15-18,27H,14H2. The van der Waals surface area contributed by atoms with Gasteiger partial charge in [0.25, 0.3) is 0 Å². The third kappa shape index (κ3) is 4.40. The highest BCUT2D eigenvalue weighted by atomic mass is 15.0. The molecule has 1 unspecified atom stereocenters. The van der Waals surface area contributed by atoms with E-state index in [2.05, 4.69) is 36.4 Å². The van der Waals surface area contributed by atoms with Crippen LogP contribution < -0.4 is 0 Å². The Morgan fingerprint density at radius 3 is 1.70 bits per heavy atom. The minimum atomic E-state index is -0.326. The first-order chi connectivity index (χ1) is 24.5. The molecule has 228 valence electrons. The van der Waals surface area contributed by atoms with E-state index in [4.69, 9.17) is 0 Å². The average Bonchev–Trinajstić information content (AvgIpc) is 3.67. The highest BCUT2D eigenvalue weighted by Gasteiger charge is 2.26. The molecule has 0 N–H and O–H groups in total. The maximum absolute atomic E-state index is 10.8. The molecule has 8 rings (SSSR count). The molecule has 0 bridgehead atoms. The Balaban J connectivity index is 1.51. The van der Waals surface area contributed by atoms with Gasteiger partial charge in [0.1, 0.15) is 6.07 Å². The number of allylic oxidation sites excluding steroid dienone is 1. The van der Waals surface area contributed by atoms with Gasteiger partial charge in [-0.3, -0.25) is 0 Å². The number of aromatic nitrogens is 2. The van der Waals surface area contributed by atoms with Crippen molar-refractivity contribution in [3.8, 4) is 58.9 Å². The zero-order chi connectivity index (χ0) is 34.5. The summed E-state index contributed by atoms with van der Waals surface area (Å²) in [5.41, 5.74) is 9.16. The first kappa shape index (κ1) is 29.5. The summed E-state index contributed by atoms with van der Waals surface area (Å²) >= 11 is 0. The predicted octanol–water partition coefficient (Wildman–Crippen LogP) is 8.46. The van der Waals surface area contributed by atoms with E-state index in [1.165, 1.54) is 0 Å². The number of hydrogen-bond acceptors (Lipinski definition) is 6. The van der Waals surface area contributed by atoms with Crippen molar-refractivity contribution in [3.63, 3.8) is 0 Å². The largest absolute Gasteiger partial charge is 0.309 e. The summed E-state index contributed by atoms with van der Waals surface area (Å²) in [6.07, 6.45) is 4.24. The smallest absolute Gasteiger partial charge is 0.101 e. The van der Waals surface area contributed by atoms with Crippen molar-refractivity contribution in [3.05, 3.63) is 136 Å². The molecule has 0 radical (unpaired) electrons. The maximum atomic E-state index is 10.8. The van der Waals surface area contributed by atoms with Gasteiger partial charge in [0.05, 0.1) is 92.0 Å². The Labute approximate surface area is 286 Å². The quantitative estimate of drug-likeness (QED) is 0.190. The molecule has 0 saturated carbocycles. The minimum absolute atomic E-state index is 0.326. The SMILES string of the molecule is N#Cc1cccc(-c2cc(-n3c4c(c5cc(C#N)ccc53)CC(C#N)C=C4)c(C#N)cc2-n2c3ccc(C#N)cc3c3cc(C#N)ccc32)c1. The zero-order valence-corrected chi connectivity index (χ0v) is 26.2.